The van der Waals surface area contributed by atoms with Gasteiger partial charge in [0.15, 0.2) is 11.5 Å². The van der Waals surface area contributed by atoms with E-state index in [0.717, 1.165) is 12.1 Å². The Labute approximate surface area is 142 Å². The molecule has 0 saturated heterocycles. The molecule has 1 heterocycles. The van der Waals surface area contributed by atoms with Crippen LogP contribution in [0.25, 0.3) is 0 Å². The number of hydrogen-bond donors (Lipinski definition) is 1. The Morgan fingerprint density at radius 1 is 1.00 bits per heavy atom. The number of ether oxygens (including phenoxy) is 2. The summed E-state index contributed by atoms with van der Waals surface area (Å²) >= 11 is 0. The van der Waals surface area contributed by atoms with Crippen molar-refractivity contribution in [1.29, 1.82) is 0 Å². The van der Waals surface area contributed by atoms with Crippen molar-refractivity contribution in [2.24, 2.45) is 0 Å². The van der Waals surface area contributed by atoms with Gasteiger partial charge in [0, 0.05) is 17.3 Å². The van der Waals surface area contributed by atoms with Crippen LogP contribution >= 0.6 is 0 Å². The minimum Gasteiger partial charge on any atom is -0.486 e. The van der Waals surface area contributed by atoms with Crippen LogP contribution in [-0.4, -0.2) is 33.3 Å². The third-order valence-electron chi connectivity index (χ3n) is 3.48. The van der Waals surface area contributed by atoms with Crippen molar-refractivity contribution in [2.75, 3.05) is 18.5 Å². The molecule has 0 aliphatic carbocycles. The molecule has 0 aromatic heterocycles. The van der Waals surface area contributed by atoms with E-state index in [1.54, 1.807) is 18.2 Å². The normalized spacial score (nSPS) is 13.6. The quantitative estimate of drug-likeness (QED) is 0.896. The highest BCUT2D eigenvalue weighted by atomic mass is 32.2. The summed E-state index contributed by atoms with van der Waals surface area (Å²) < 4.78 is 58.5. The predicted molar refractivity (Wildman–Crippen MR) is 85.0 cm³/mol. The molecule has 0 radical (unpaired) electrons. The van der Waals surface area contributed by atoms with E-state index in [2.05, 4.69) is 5.32 Å². The molecule has 1 aliphatic rings. The topological polar surface area (TPSA) is 81.7 Å². The molecule has 0 saturated carbocycles. The monoisotopic (exact) mass is 369 g/mol. The largest absolute Gasteiger partial charge is 0.486 e. The van der Waals surface area contributed by atoms with Gasteiger partial charge in [0.05, 0.1) is 4.90 Å². The van der Waals surface area contributed by atoms with Crippen LogP contribution in [0.3, 0.4) is 0 Å². The zero-order valence-electron chi connectivity index (χ0n) is 12.7. The van der Waals surface area contributed by atoms with Gasteiger partial charge in [-0.05, 0) is 36.4 Å². The molecular weight excluding hydrogens is 356 g/mol. The zero-order valence-corrected chi connectivity index (χ0v) is 13.6. The van der Waals surface area contributed by atoms with Crippen molar-refractivity contribution in [3.05, 3.63) is 48.0 Å². The summed E-state index contributed by atoms with van der Waals surface area (Å²) in [5.41, 5.74) is 0.585. The van der Waals surface area contributed by atoms with Crippen LogP contribution in [0.2, 0.25) is 0 Å². The van der Waals surface area contributed by atoms with Crippen molar-refractivity contribution >= 4 is 21.4 Å². The number of sulfone groups is 1. The van der Waals surface area contributed by atoms with Crippen LogP contribution < -0.4 is 14.8 Å². The van der Waals surface area contributed by atoms with Gasteiger partial charge in [-0.2, -0.15) is 8.78 Å². The summed E-state index contributed by atoms with van der Waals surface area (Å²) in [6.07, 6.45) is 0. The minimum atomic E-state index is -4.68. The van der Waals surface area contributed by atoms with E-state index in [4.69, 9.17) is 9.47 Å². The Kier molecular flexibility index (Phi) is 4.58. The van der Waals surface area contributed by atoms with Crippen LogP contribution in [0.1, 0.15) is 10.4 Å². The van der Waals surface area contributed by atoms with Crippen molar-refractivity contribution in [3.63, 3.8) is 0 Å². The van der Waals surface area contributed by atoms with Gasteiger partial charge in [-0.1, -0.05) is 0 Å². The van der Waals surface area contributed by atoms with Crippen LogP contribution in [-0.2, 0) is 9.84 Å². The first-order chi connectivity index (χ1) is 11.9. The number of fused-ring (bicyclic) bond motifs is 1. The summed E-state index contributed by atoms with van der Waals surface area (Å²) in [5, 5.41) is 2.62. The second-order valence-electron chi connectivity index (χ2n) is 5.14. The first kappa shape index (κ1) is 17.2. The number of halogens is 2. The maximum Gasteiger partial charge on any atom is 0.341 e. The fourth-order valence-corrected chi connectivity index (χ4v) is 2.94. The second-order valence-corrected chi connectivity index (χ2v) is 7.06. The standard InChI is InChI=1S/C16H13F2NO5S/c17-16(18)25(21,22)12-4-1-10(2-5-12)15(20)19-11-3-6-13-14(9-11)24-8-7-23-13/h1-6,9,16H,7-8H2,(H,19,20). The number of carbonyl (C=O) groups excluding carboxylic acids is 1. The molecule has 3 rings (SSSR count). The Morgan fingerprint density at radius 3 is 2.28 bits per heavy atom. The van der Waals surface area contributed by atoms with Gasteiger partial charge < -0.3 is 14.8 Å². The fourth-order valence-electron chi connectivity index (χ4n) is 2.22. The fraction of sp³-hybridized carbons (Fsp3) is 0.188. The molecule has 0 atom stereocenters. The second kappa shape index (κ2) is 6.67. The van der Waals surface area contributed by atoms with Crippen LogP contribution in [0.15, 0.2) is 47.4 Å². The number of alkyl halides is 2. The molecule has 0 bridgehead atoms. The smallest absolute Gasteiger partial charge is 0.341 e. The lowest BCUT2D eigenvalue weighted by atomic mass is 10.2. The van der Waals surface area contributed by atoms with Crippen molar-refractivity contribution in [1.82, 2.24) is 0 Å². The molecule has 132 valence electrons. The molecule has 1 aliphatic heterocycles. The van der Waals surface area contributed by atoms with Crippen molar-refractivity contribution in [2.45, 2.75) is 10.7 Å². The lowest BCUT2D eigenvalue weighted by Gasteiger charge is -2.19. The predicted octanol–water partition coefficient (Wildman–Crippen LogP) is 2.71. The number of anilines is 1. The number of amides is 1. The highest BCUT2D eigenvalue weighted by molar-refractivity contribution is 7.91. The Hall–Kier alpha value is -2.68. The zero-order chi connectivity index (χ0) is 18.0. The molecule has 1 N–H and O–H groups in total. The first-order valence-electron chi connectivity index (χ1n) is 7.21. The van der Waals surface area contributed by atoms with Gasteiger partial charge >= 0.3 is 5.76 Å². The van der Waals surface area contributed by atoms with E-state index in [-0.39, 0.29) is 5.56 Å². The summed E-state index contributed by atoms with van der Waals surface area (Å²) in [4.78, 5) is 11.7. The van der Waals surface area contributed by atoms with Crippen molar-refractivity contribution < 1.29 is 31.5 Å². The SMILES string of the molecule is O=C(Nc1ccc2c(c1)OCCO2)c1ccc(S(=O)(=O)C(F)F)cc1. The molecule has 1 amide bonds. The average Bonchev–Trinajstić information content (AvgIpc) is 2.61. The van der Waals surface area contributed by atoms with E-state index >= 15 is 0 Å². The highest BCUT2D eigenvalue weighted by Gasteiger charge is 2.26. The molecular formula is C16H13F2NO5S. The Bertz CT molecular complexity index is 897. The van der Waals surface area contributed by atoms with Crippen molar-refractivity contribution in [3.8, 4) is 11.5 Å². The summed E-state index contributed by atoms with van der Waals surface area (Å²) in [6, 6.07) is 9.16. The van der Waals surface area contributed by atoms with E-state index in [1.165, 1.54) is 12.1 Å². The van der Waals surface area contributed by atoms with Gasteiger partial charge in [0.1, 0.15) is 13.2 Å². The van der Waals surface area contributed by atoms with Crippen LogP contribution in [0.4, 0.5) is 14.5 Å². The van der Waals surface area contributed by atoms with Gasteiger partial charge in [-0.3, -0.25) is 4.79 Å². The third-order valence-corrected chi connectivity index (χ3v) is 4.88. The summed E-state index contributed by atoms with van der Waals surface area (Å²) in [7, 11) is -4.68. The minimum absolute atomic E-state index is 0.128. The lowest BCUT2D eigenvalue weighted by Crippen LogP contribution is -2.16. The number of nitrogens with one attached hydrogen (secondary N) is 1. The first-order valence-corrected chi connectivity index (χ1v) is 8.76. The number of rotatable bonds is 4. The molecule has 0 spiro atoms. The highest BCUT2D eigenvalue weighted by Crippen LogP contribution is 2.32. The molecule has 2 aromatic rings. The summed E-state index contributed by atoms with van der Waals surface area (Å²) in [5.74, 6) is -2.95. The van der Waals surface area contributed by atoms with Gasteiger partial charge in [0.2, 0.25) is 9.84 Å². The number of hydrogen-bond acceptors (Lipinski definition) is 5. The maximum absolute atomic E-state index is 12.5. The van der Waals surface area contributed by atoms with E-state index in [9.17, 15) is 22.0 Å². The molecule has 9 heteroatoms. The molecule has 6 nitrogen and oxygen atoms in total. The lowest BCUT2D eigenvalue weighted by molar-refractivity contribution is 0.102. The Morgan fingerprint density at radius 2 is 1.64 bits per heavy atom. The van der Waals surface area contributed by atoms with Gasteiger partial charge in [-0.25, -0.2) is 8.42 Å². The Balaban J connectivity index is 1.75. The maximum atomic E-state index is 12.5. The molecule has 2 aromatic carbocycles. The molecule has 0 unspecified atom stereocenters. The average molecular weight is 369 g/mol. The number of benzene rings is 2. The number of carbonyl (C=O) groups is 1. The van der Waals surface area contributed by atoms with E-state index < -0.39 is 26.4 Å². The molecule has 25 heavy (non-hydrogen) atoms. The van der Waals surface area contributed by atoms with Crippen LogP contribution in [0, 0.1) is 0 Å². The van der Waals surface area contributed by atoms with Crippen LogP contribution in [0.5, 0.6) is 11.5 Å². The van der Waals surface area contributed by atoms with Gasteiger partial charge in [-0.15, -0.1) is 0 Å². The van der Waals surface area contributed by atoms with E-state index in [0.29, 0.717) is 30.4 Å². The van der Waals surface area contributed by atoms with Gasteiger partial charge in [0.25, 0.3) is 5.91 Å². The third kappa shape index (κ3) is 3.55. The van der Waals surface area contributed by atoms with E-state index in [1.807, 2.05) is 0 Å². The molecule has 0 fully saturated rings. The summed E-state index contributed by atoms with van der Waals surface area (Å²) in [6.45, 7) is 0.858.